The van der Waals surface area contributed by atoms with Gasteiger partial charge in [-0.15, -0.1) is 24.0 Å². The monoisotopic (exact) mass is 473 g/mol. The quantitative estimate of drug-likeness (QED) is 0.299. The van der Waals surface area contributed by atoms with E-state index in [1.165, 1.54) is 0 Å². The number of anilines is 2. The second-order valence-electron chi connectivity index (χ2n) is 8.24. The number of ether oxygens (including phenoxy) is 1. The zero-order valence-electron chi connectivity index (χ0n) is 18.7. The number of nitrogens with two attached hydrogens (primary N) is 1. The minimum atomic E-state index is -0.264. The lowest BCUT2D eigenvalue weighted by molar-refractivity contribution is 0.105. The molecule has 9 heteroatoms. The molecule has 2 heterocycles. The van der Waals surface area contributed by atoms with Gasteiger partial charge in [-0.3, -0.25) is 0 Å². The summed E-state index contributed by atoms with van der Waals surface area (Å²) in [6, 6.07) is 8.29. The number of hydrogen-bond acceptors (Lipinski definition) is 9. The summed E-state index contributed by atoms with van der Waals surface area (Å²) in [5.74, 6) is 1.25. The lowest BCUT2D eigenvalue weighted by atomic mass is 10.1. The van der Waals surface area contributed by atoms with Gasteiger partial charge in [-0.25, -0.2) is 9.97 Å². The van der Waals surface area contributed by atoms with Crippen molar-refractivity contribution >= 4 is 52.0 Å². The third kappa shape index (κ3) is 6.19. The molecule has 3 aromatic rings. The average Bonchev–Trinajstić information content (AvgIpc) is 3.39. The number of para-hydroxylation sites is 1. The SMILES string of the molecule is C=Cc1nc(N)nc(NC2CCC(CO)C2)c1-c1nc2ccccc2s1.COC(C)(C)S. The van der Waals surface area contributed by atoms with Gasteiger partial charge in [-0.2, -0.15) is 4.98 Å². The van der Waals surface area contributed by atoms with Crippen LogP contribution in [-0.4, -0.2) is 44.8 Å². The van der Waals surface area contributed by atoms with Gasteiger partial charge >= 0.3 is 0 Å². The van der Waals surface area contributed by atoms with E-state index in [0.29, 0.717) is 17.4 Å². The first-order chi connectivity index (χ1) is 15.2. The number of aliphatic hydroxyl groups excluding tert-OH is 1. The van der Waals surface area contributed by atoms with Crippen LogP contribution in [0, 0.1) is 5.92 Å². The second kappa shape index (κ2) is 10.6. The van der Waals surface area contributed by atoms with Crippen molar-refractivity contribution in [2.24, 2.45) is 5.92 Å². The van der Waals surface area contributed by atoms with E-state index in [-0.39, 0.29) is 23.5 Å². The normalized spacial score (nSPS) is 18.3. The molecule has 172 valence electrons. The molecule has 4 N–H and O–H groups in total. The van der Waals surface area contributed by atoms with Gasteiger partial charge in [0.2, 0.25) is 5.95 Å². The summed E-state index contributed by atoms with van der Waals surface area (Å²) in [7, 11) is 1.63. The highest BCUT2D eigenvalue weighted by atomic mass is 32.1. The molecule has 32 heavy (non-hydrogen) atoms. The molecular weight excluding hydrogens is 442 g/mol. The Morgan fingerprint density at radius 3 is 2.62 bits per heavy atom. The summed E-state index contributed by atoms with van der Waals surface area (Å²) in [6.45, 7) is 7.88. The van der Waals surface area contributed by atoms with Crippen molar-refractivity contribution in [3.05, 3.63) is 36.5 Å². The van der Waals surface area contributed by atoms with Crippen molar-refractivity contribution < 1.29 is 9.84 Å². The molecule has 0 bridgehead atoms. The molecule has 1 aliphatic carbocycles. The van der Waals surface area contributed by atoms with Crippen LogP contribution in [0.25, 0.3) is 26.9 Å². The molecule has 0 spiro atoms. The summed E-state index contributed by atoms with van der Waals surface area (Å²) >= 11 is 5.64. The first kappa shape index (κ1) is 24.4. The van der Waals surface area contributed by atoms with Crippen molar-refractivity contribution in [2.75, 3.05) is 24.8 Å². The van der Waals surface area contributed by atoms with E-state index in [0.717, 1.165) is 40.1 Å². The Labute approximate surface area is 198 Å². The highest BCUT2D eigenvalue weighted by Crippen LogP contribution is 2.38. The zero-order chi connectivity index (χ0) is 23.3. The Morgan fingerprint density at radius 2 is 2.03 bits per heavy atom. The minimum absolute atomic E-state index is 0.212. The van der Waals surface area contributed by atoms with Crippen LogP contribution < -0.4 is 11.1 Å². The number of nitrogens with one attached hydrogen (secondary N) is 1. The second-order valence-corrected chi connectivity index (χ2v) is 10.3. The number of thiol groups is 1. The van der Waals surface area contributed by atoms with Crippen LogP contribution in [0.1, 0.15) is 38.8 Å². The van der Waals surface area contributed by atoms with Gasteiger partial charge in [0.15, 0.2) is 0 Å². The number of nitrogen functional groups attached to an aromatic ring is 1. The minimum Gasteiger partial charge on any atom is -0.396 e. The molecule has 0 saturated heterocycles. The van der Waals surface area contributed by atoms with Crippen molar-refractivity contribution in [2.45, 2.75) is 44.1 Å². The number of rotatable bonds is 6. The molecule has 1 saturated carbocycles. The Morgan fingerprint density at radius 1 is 1.31 bits per heavy atom. The third-order valence-electron chi connectivity index (χ3n) is 5.30. The van der Waals surface area contributed by atoms with Crippen LogP contribution >= 0.6 is 24.0 Å². The number of benzene rings is 1. The predicted octanol–water partition coefficient (Wildman–Crippen LogP) is 4.85. The molecule has 4 rings (SSSR count). The van der Waals surface area contributed by atoms with E-state index in [1.807, 2.05) is 32.0 Å². The Kier molecular flexibility index (Phi) is 8.10. The van der Waals surface area contributed by atoms with E-state index in [4.69, 9.17) is 15.5 Å². The van der Waals surface area contributed by atoms with Crippen molar-refractivity contribution in [1.82, 2.24) is 15.0 Å². The third-order valence-corrected chi connectivity index (χ3v) is 6.53. The summed E-state index contributed by atoms with van der Waals surface area (Å²) in [5.41, 5.74) is 8.38. The highest BCUT2D eigenvalue weighted by molar-refractivity contribution is 7.81. The topological polar surface area (TPSA) is 106 Å². The van der Waals surface area contributed by atoms with E-state index >= 15 is 0 Å². The lowest BCUT2D eigenvalue weighted by Crippen LogP contribution is -2.19. The van der Waals surface area contributed by atoms with E-state index in [2.05, 4.69) is 40.6 Å². The van der Waals surface area contributed by atoms with Gasteiger partial charge < -0.3 is 20.9 Å². The number of thiazole rings is 1. The fourth-order valence-electron chi connectivity index (χ4n) is 3.50. The van der Waals surface area contributed by atoms with Gasteiger partial charge in [0.25, 0.3) is 0 Å². The first-order valence-corrected chi connectivity index (χ1v) is 11.8. The first-order valence-electron chi connectivity index (χ1n) is 10.5. The van der Waals surface area contributed by atoms with E-state index < -0.39 is 0 Å². The average molecular weight is 474 g/mol. The van der Waals surface area contributed by atoms with Crippen molar-refractivity contribution in [3.63, 3.8) is 0 Å². The number of nitrogens with zero attached hydrogens (tertiary/aromatic N) is 3. The fraction of sp³-hybridized carbons (Fsp3) is 0.435. The molecule has 2 atom stereocenters. The molecule has 0 amide bonds. The predicted molar refractivity (Wildman–Crippen MR) is 137 cm³/mol. The van der Waals surface area contributed by atoms with Crippen molar-refractivity contribution in [3.8, 4) is 10.6 Å². The summed E-state index contributed by atoms with van der Waals surface area (Å²) in [5, 5.41) is 13.8. The smallest absolute Gasteiger partial charge is 0.222 e. The molecule has 1 fully saturated rings. The molecule has 0 radical (unpaired) electrons. The van der Waals surface area contributed by atoms with Crippen LogP contribution in [0.2, 0.25) is 0 Å². The number of methoxy groups -OCH3 is 1. The molecular formula is C23H31N5O2S2. The van der Waals surface area contributed by atoms with Gasteiger partial charge in [0.05, 0.1) is 21.5 Å². The standard InChI is InChI=1S/C19H21N5OS.C4H10OS/c1-2-13-16(18-22-14-5-3-4-6-15(14)26-18)17(24-19(20)23-13)21-12-8-7-11(9-12)10-25;1-4(2,6)5-3/h2-6,11-12,25H,1,7-10H2,(H3,20,21,23,24);6H,1-3H3. The van der Waals surface area contributed by atoms with Gasteiger partial charge in [-0.1, -0.05) is 18.7 Å². The Hall–Kier alpha value is -2.20. The number of aliphatic hydroxyl groups is 1. The van der Waals surface area contributed by atoms with Crippen LogP contribution in [-0.2, 0) is 4.74 Å². The van der Waals surface area contributed by atoms with Crippen molar-refractivity contribution in [1.29, 1.82) is 0 Å². The molecule has 2 unspecified atom stereocenters. The summed E-state index contributed by atoms with van der Waals surface area (Å²) in [6.07, 6.45) is 4.62. The molecule has 2 aromatic heterocycles. The van der Waals surface area contributed by atoms with E-state index in [9.17, 15) is 5.11 Å². The van der Waals surface area contributed by atoms with Crippen LogP contribution in [0.5, 0.6) is 0 Å². The highest BCUT2D eigenvalue weighted by Gasteiger charge is 2.26. The van der Waals surface area contributed by atoms with Crippen LogP contribution in [0.3, 0.4) is 0 Å². The summed E-state index contributed by atoms with van der Waals surface area (Å²) in [4.78, 5) is 13.3. The largest absolute Gasteiger partial charge is 0.396 e. The lowest BCUT2D eigenvalue weighted by Gasteiger charge is -2.17. The van der Waals surface area contributed by atoms with E-state index in [1.54, 1.807) is 24.5 Å². The fourth-order valence-corrected chi connectivity index (χ4v) is 4.52. The molecule has 1 aromatic carbocycles. The number of hydrogen-bond donors (Lipinski definition) is 4. The zero-order valence-corrected chi connectivity index (χ0v) is 20.4. The van der Waals surface area contributed by atoms with Crippen LogP contribution in [0.4, 0.5) is 11.8 Å². The van der Waals surface area contributed by atoms with Gasteiger partial charge in [0.1, 0.15) is 15.8 Å². The molecule has 7 nitrogen and oxygen atoms in total. The van der Waals surface area contributed by atoms with Gasteiger partial charge in [0, 0.05) is 19.8 Å². The Bertz CT molecular complexity index is 1030. The van der Waals surface area contributed by atoms with Crippen LogP contribution in [0.15, 0.2) is 30.8 Å². The maximum Gasteiger partial charge on any atom is 0.222 e. The number of fused-ring (bicyclic) bond motifs is 1. The maximum atomic E-state index is 9.39. The molecule has 0 aliphatic heterocycles. The van der Waals surface area contributed by atoms with Gasteiger partial charge in [-0.05, 0) is 57.2 Å². The number of aromatic nitrogens is 3. The maximum absolute atomic E-state index is 9.39. The summed E-state index contributed by atoms with van der Waals surface area (Å²) < 4.78 is 5.91. The Balaban J connectivity index is 0.000000427. The molecule has 1 aliphatic rings.